The minimum absolute atomic E-state index is 0.0349. The first-order valence-electron chi connectivity index (χ1n) is 10.4. The van der Waals surface area contributed by atoms with Crippen molar-refractivity contribution in [3.8, 4) is 5.75 Å². The van der Waals surface area contributed by atoms with Gasteiger partial charge in [0.05, 0.1) is 31.2 Å². The van der Waals surface area contributed by atoms with Crippen molar-refractivity contribution < 1.29 is 22.7 Å². The molecule has 1 aliphatic carbocycles. The lowest BCUT2D eigenvalue weighted by Gasteiger charge is -2.19. The van der Waals surface area contributed by atoms with Crippen molar-refractivity contribution in [2.45, 2.75) is 44.0 Å². The van der Waals surface area contributed by atoms with Crippen molar-refractivity contribution in [3.05, 3.63) is 53.6 Å². The lowest BCUT2D eigenvalue weighted by Crippen LogP contribution is -2.30. The Bertz CT molecular complexity index is 1100. The number of carbonyl (C=O) groups excluding carboxylic acids is 2. The smallest absolute Gasteiger partial charge is 0.265 e. The van der Waals surface area contributed by atoms with Crippen molar-refractivity contribution in [1.82, 2.24) is 4.90 Å². The summed E-state index contributed by atoms with van der Waals surface area (Å²) in [5.74, 6) is -0.561. The number of nitrogens with one attached hydrogen (secondary N) is 1. The first kappa shape index (κ1) is 21.4. The second-order valence-electron chi connectivity index (χ2n) is 8.17. The van der Waals surface area contributed by atoms with Gasteiger partial charge in [-0.1, -0.05) is 37.1 Å². The Morgan fingerprint density at radius 2 is 1.68 bits per heavy atom. The molecule has 0 aromatic heterocycles. The lowest BCUT2D eigenvalue weighted by atomic mass is 9.81. The van der Waals surface area contributed by atoms with E-state index in [4.69, 9.17) is 4.74 Å². The Morgan fingerprint density at radius 3 is 2.29 bits per heavy atom. The van der Waals surface area contributed by atoms with Crippen LogP contribution in [0.1, 0.15) is 36.8 Å². The van der Waals surface area contributed by atoms with Crippen molar-refractivity contribution >= 4 is 27.5 Å². The predicted molar refractivity (Wildman–Crippen MR) is 116 cm³/mol. The maximum Gasteiger partial charge on any atom is 0.265 e. The van der Waals surface area contributed by atoms with Crippen LogP contribution in [0.5, 0.6) is 5.75 Å². The van der Waals surface area contributed by atoms with Crippen LogP contribution in [0.2, 0.25) is 0 Å². The fraction of sp³-hybridized carbons (Fsp3) is 0.391. The van der Waals surface area contributed by atoms with Crippen molar-refractivity contribution in [2.24, 2.45) is 11.8 Å². The van der Waals surface area contributed by atoms with Crippen LogP contribution in [0.15, 0.2) is 47.4 Å². The number of hydrogen-bond donors (Lipinski definition) is 1. The Balaban J connectivity index is 1.63. The molecule has 1 saturated heterocycles. The third kappa shape index (κ3) is 4.04. The highest BCUT2D eigenvalue weighted by atomic mass is 32.2. The number of aryl methyl sites for hydroxylation is 1. The van der Waals surface area contributed by atoms with E-state index in [2.05, 4.69) is 4.72 Å². The number of likely N-dealkylation sites (tertiary alicyclic amines) is 1. The number of amides is 2. The van der Waals surface area contributed by atoms with Gasteiger partial charge in [-0.15, -0.1) is 0 Å². The van der Waals surface area contributed by atoms with E-state index < -0.39 is 10.0 Å². The topological polar surface area (TPSA) is 92.8 Å². The third-order valence-electron chi connectivity index (χ3n) is 6.18. The van der Waals surface area contributed by atoms with Gasteiger partial charge in [-0.2, -0.15) is 0 Å². The average Bonchev–Trinajstić information content (AvgIpc) is 3.00. The van der Waals surface area contributed by atoms with Crippen LogP contribution in [0.25, 0.3) is 0 Å². The molecule has 164 valence electrons. The number of rotatable bonds is 6. The first-order valence-corrected chi connectivity index (χ1v) is 11.9. The van der Waals surface area contributed by atoms with E-state index in [1.165, 1.54) is 18.1 Å². The zero-order valence-corrected chi connectivity index (χ0v) is 18.4. The predicted octanol–water partition coefficient (Wildman–Crippen LogP) is 3.48. The van der Waals surface area contributed by atoms with E-state index in [9.17, 15) is 18.0 Å². The SMILES string of the molecule is COc1ccc(CN2C(=O)[C@@H]3CCCC[C@H]3C2=O)cc1S(=O)(=O)Nc1ccccc1C. The van der Waals surface area contributed by atoms with Gasteiger partial charge in [-0.05, 0) is 49.1 Å². The highest BCUT2D eigenvalue weighted by Crippen LogP contribution is 2.39. The summed E-state index contributed by atoms with van der Waals surface area (Å²) in [5.41, 5.74) is 1.83. The molecule has 4 rings (SSSR count). The van der Waals surface area contributed by atoms with Crippen LogP contribution < -0.4 is 9.46 Å². The Morgan fingerprint density at radius 1 is 1.03 bits per heavy atom. The van der Waals surface area contributed by atoms with Gasteiger partial charge in [0, 0.05) is 0 Å². The average molecular weight is 443 g/mol. The summed E-state index contributed by atoms with van der Waals surface area (Å²) >= 11 is 0. The van der Waals surface area contributed by atoms with Crippen molar-refractivity contribution in [3.63, 3.8) is 0 Å². The molecule has 1 saturated carbocycles. The number of methoxy groups -OCH3 is 1. The first-order chi connectivity index (χ1) is 14.8. The standard InChI is InChI=1S/C23H26N2O5S/c1-15-7-3-6-10-19(15)24-31(28,29)21-13-16(11-12-20(21)30-2)14-25-22(26)17-8-4-5-9-18(17)23(25)27/h3,6-7,10-13,17-18,24H,4-5,8-9,14H2,1-2H3/t17-,18-/m1/s1. The second-order valence-corrected chi connectivity index (χ2v) is 9.82. The van der Waals surface area contributed by atoms with Crippen LogP contribution in [-0.2, 0) is 26.2 Å². The summed E-state index contributed by atoms with van der Waals surface area (Å²) in [6.45, 7) is 1.87. The van der Waals surface area contributed by atoms with E-state index in [1.807, 2.05) is 19.1 Å². The number of benzene rings is 2. The summed E-state index contributed by atoms with van der Waals surface area (Å²) in [7, 11) is -2.54. The minimum Gasteiger partial charge on any atom is -0.495 e. The van der Waals surface area contributed by atoms with E-state index in [0.717, 1.165) is 31.2 Å². The summed E-state index contributed by atoms with van der Waals surface area (Å²) in [4.78, 5) is 26.8. The van der Waals surface area contributed by atoms with Gasteiger partial charge >= 0.3 is 0 Å². The number of anilines is 1. The van der Waals surface area contributed by atoms with Crippen molar-refractivity contribution in [1.29, 1.82) is 0 Å². The molecule has 1 N–H and O–H groups in total. The van der Waals surface area contributed by atoms with Crippen LogP contribution in [0, 0.1) is 18.8 Å². The Labute approximate surface area is 182 Å². The summed E-state index contributed by atoms with van der Waals surface area (Å²) in [5, 5.41) is 0. The molecule has 8 heteroatoms. The molecule has 2 amide bonds. The number of sulfonamides is 1. The number of ether oxygens (including phenoxy) is 1. The monoisotopic (exact) mass is 442 g/mol. The van der Waals surface area contributed by atoms with Gasteiger partial charge < -0.3 is 4.74 Å². The largest absolute Gasteiger partial charge is 0.495 e. The Kier molecular flexibility index (Phi) is 5.75. The maximum absolute atomic E-state index is 13.1. The number of hydrogen-bond acceptors (Lipinski definition) is 5. The maximum atomic E-state index is 13.1. The van der Waals surface area contributed by atoms with Crippen molar-refractivity contribution in [2.75, 3.05) is 11.8 Å². The summed E-state index contributed by atoms with van der Waals surface area (Å²) in [6.07, 6.45) is 3.41. The molecule has 2 atom stereocenters. The van der Waals surface area contributed by atoms with Gasteiger partial charge in [-0.3, -0.25) is 19.2 Å². The minimum atomic E-state index is -3.95. The van der Waals surface area contributed by atoms with E-state index in [0.29, 0.717) is 11.3 Å². The van der Waals surface area contributed by atoms with Gasteiger partial charge in [0.1, 0.15) is 10.6 Å². The number of imide groups is 1. The summed E-state index contributed by atoms with van der Waals surface area (Å²) in [6, 6.07) is 11.8. The molecule has 1 heterocycles. The molecule has 0 spiro atoms. The zero-order chi connectivity index (χ0) is 22.2. The van der Waals surface area contributed by atoms with Gasteiger partial charge in [0.15, 0.2) is 0 Å². The van der Waals surface area contributed by atoms with Gasteiger partial charge in [0.25, 0.3) is 10.0 Å². The number of nitrogens with zero attached hydrogens (tertiary/aromatic N) is 1. The van der Waals surface area contributed by atoms with Crippen LogP contribution >= 0.6 is 0 Å². The highest BCUT2D eigenvalue weighted by Gasteiger charge is 2.47. The highest BCUT2D eigenvalue weighted by molar-refractivity contribution is 7.92. The molecule has 1 aliphatic heterocycles. The molecule has 2 aromatic carbocycles. The molecule has 31 heavy (non-hydrogen) atoms. The fourth-order valence-electron chi connectivity index (χ4n) is 4.49. The molecular formula is C23H26N2O5S. The van der Waals surface area contributed by atoms with E-state index >= 15 is 0 Å². The molecule has 2 aliphatic rings. The molecule has 0 radical (unpaired) electrons. The Hall–Kier alpha value is -2.87. The zero-order valence-electron chi connectivity index (χ0n) is 17.6. The van der Waals surface area contributed by atoms with Crippen LogP contribution in [0.3, 0.4) is 0 Å². The third-order valence-corrected chi connectivity index (χ3v) is 7.57. The molecule has 2 fully saturated rings. The van der Waals surface area contributed by atoms with Gasteiger partial charge in [0.2, 0.25) is 11.8 Å². The fourth-order valence-corrected chi connectivity index (χ4v) is 5.84. The number of para-hydroxylation sites is 1. The molecule has 0 unspecified atom stereocenters. The molecule has 2 aromatic rings. The van der Waals surface area contributed by atoms with Crippen LogP contribution in [0.4, 0.5) is 5.69 Å². The molecular weight excluding hydrogens is 416 g/mol. The van der Waals surface area contributed by atoms with E-state index in [1.54, 1.807) is 24.3 Å². The van der Waals surface area contributed by atoms with Gasteiger partial charge in [-0.25, -0.2) is 8.42 Å². The lowest BCUT2D eigenvalue weighted by molar-refractivity contribution is -0.140. The summed E-state index contributed by atoms with van der Waals surface area (Å²) < 4.78 is 34.1. The normalized spacial score (nSPS) is 21.2. The van der Waals surface area contributed by atoms with E-state index in [-0.39, 0.29) is 40.8 Å². The number of carbonyl (C=O) groups is 2. The quantitative estimate of drug-likeness (QED) is 0.692. The second kappa shape index (κ2) is 8.34. The number of fused-ring (bicyclic) bond motifs is 1. The van der Waals surface area contributed by atoms with Crippen LogP contribution in [-0.4, -0.2) is 32.2 Å². The molecule has 0 bridgehead atoms. The molecule has 7 nitrogen and oxygen atoms in total.